The van der Waals surface area contributed by atoms with Gasteiger partial charge in [0.2, 0.25) is 0 Å². The standard InChI is InChI=1S/C15H11NO5.C7H10N2/c1-10-6-5-9-12(16(19)20)13(10)15(18)21-14(17)11-7-3-2-4-8-11;1-9(2)7-3-5-8-6-4-7/h2-9H,1H3;3-6H,1-2H3. The highest BCUT2D eigenvalue weighted by Gasteiger charge is 2.25. The summed E-state index contributed by atoms with van der Waals surface area (Å²) in [6.07, 6.45) is 3.57. The minimum Gasteiger partial charge on any atom is -0.386 e. The second kappa shape index (κ2) is 10.5. The highest BCUT2D eigenvalue weighted by molar-refractivity contribution is 6.05. The van der Waals surface area contributed by atoms with E-state index in [-0.39, 0.29) is 16.8 Å². The van der Waals surface area contributed by atoms with Crippen molar-refractivity contribution in [3.05, 3.63) is 99.9 Å². The maximum atomic E-state index is 12.0. The van der Waals surface area contributed by atoms with Crippen molar-refractivity contribution in [2.75, 3.05) is 19.0 Å². The van der Waals surface area contributed by atoms with E-state index in [2.05, 4.69) is 4.98 Å². The Morgan fingerprint density at radius 2 is 1.57 bits per heavy atom. The monoisotopic (exact) mass is 407 g/mol. The van der Waals surface area contributed by atoms with Gasteiger partial charge in [-0.05, 0) is 36.8 Å². The maximum absolute atomic E-state index is 12.0. The van der Waals surface area contributed by atoms with E-state index < -0.39 is 16.9 Å². The summed E-state index contributed by atoms with van der Waals surface area (Å²) in [4.78, 5) is 40.0. The number of hydrogen-bond donors (Lipinski definition) is 0. The summed E-state index contributed by atoms with van der Waals surface area (Å²) in [5.41, 5.74) is 1.15. The summed E-state index contributed by atoms with van der Waals surface area (Å²) in [6.45, 7) is 1.54. The second-order valence-corrected chi connectivity index (χ2v) is 6.37. The molecule has 3 rings (SSSR count). The summed E-state index contributed by atoms with van der Waals surface area (Å²) < 4.78 is 4.71. The van der Waals surface area contributed by atoms with Crippen LogP contribution in [0.15, 0.2) is 73.1 Å². The quantitative estimate of drug-likeness (QED) is 0.278. The van der Waals surface area contributed by atoms with Crippen LogP contribution in [0.25, 0.3) is 0 Å². The Balaban J connectivity index is 0.000000297. The molecule has 0 atom stereocenters. The minimum atomic E-state index is -1.03. The molecule has 0 aliphatic heterocycles. The van der Waals surface area contributed by atoms with Crippen LogP contribution in [0, 0.1) is 17.0 Å². The molecule has 0 amide bonds. The highest BCUT2D eigenvalue weighted by Crippen LogP contribution is 2.23. The Morgan fingerprint density at radius 1 is 0.933 bits per heavy atom. The number of nitrogens with zero attached hydrogens (tertiary/aromatic N) is 3. The normalized spacial score (nSPS) is 9.70. The van der Waals surface area contributed by atoms with Gasteiger partial charge in [-0.15, -0.1) is 0 Å². The summed E-state index contributed by atoms with van der Waals surface area (Å²) in [7, 11) is 4.02. The van der Waals surface area contributed by atoms with Gasteiger partial charge in [-0.2, -0.15) is 0 Å². The number of aryl methyl sites for hydroxylation is 1. The summed E-state index contributed by atoms with van der Waals surface area (Å²) in [5.74, 6) is -1.88. The molecule has 8 nitrogen and oxygen atoms in total. The first-order valence-corrected chi connectivity index (χ1v) is 8.94. The molecule has 0 aliphatic rings. The van der Waals surface area contributed by atoms with Crippen molar-refractivity contribution >= 4 is 23.3 Å². The lowest BCUT2D eigenvalue weighted by atomic mass is 10.1. The fraction of sp³-hybridized carbons (Fsp3) is 0.136. The van der Waals surface area contributed by atoms with E-state index >= 15 is 0 Å². The van der Waals surface area contributed by atoms with Gasteiger partial charge in [0, 0.05) is 38.2 Å². The predicted molar refractivity (Wildman–Crippen MR) is 113 cm³/mol. The molecule has 0 bridgehead atoms. The van der Waals surface area contributed by atoms with E-state index in [1.165, 1.54) is 42.9 Å². The number of esters is 2. The smallest absolute Gasteiger partial charge is 0.353 e. The van der Waals surface area contributed by atoms with Crippen LogP contribution in [0.4, 0.5) is 11.4 Å². The Kier molecular flexibility index (Phi) is 7.75. The molecular weight excluding hydrogens is 386 g/mol. The molecule has 8 heteroatoms. The van der Waals surface area contributed by atoms with Crippen LogP contribution in [0.2, 0.25) is 0 Å². The number of rotatable bonds is 4. The van der Waals surface area contributed by atoms with Crippen LogP contribution >= 0.6 is 0 Å². The zero-order chi connectivity index (χ0) is 22.1. The van der Waals surface area contributed by atoms with E-state index in [1.807, 2.05) is 31.1 Å². The zero-order valence-electron chi connectivity index (χ0n) is 16.8. The highest BCUT2D eigenvalue weighted by atomic mass is 16.6. The van der Waals surface area contributed by atoms with Gasteiger partial charge in [0.15, 0.2) is 0 Å². The number of carbonyl (C=O) groups is 2. The van der Waals surface area contributed by atoms with Gasteiger partial charge < -0.3 is 9.64 Å². The number of nitro groups is 1. The first kappa shape index (κ1) is 22.2. The van der Waals surface area contributed by atoms with Crippen LogP contribution in [-0.4, -0.2) is 35.9 Å². The molecule has 3 aromatic rings. The number of ether oxygens (including phenoxy) is 1. The lowest BCUT2D eigenvalue weighted by Gasteiger charge is -2.10. The molecule has 0 saturated heterocycles. The number of anilines is 1. The summed E-state index contributed by atoms with van der Waals surface area (Å²) in [6, 6.07) is 16.1. The summed E-state index contributed by atoms with van der Waals surface area (Å²) >= 11 is 0. The van der Waals surface area contributed by atoms with Crippen molar-refractivity contribution in [3.8, 4) is 0 Å². The largest absolute Gasteiger partial charge is 0.386 e. The first-order valence-electron chi connectivity index (χ1n) is 8.94. The SMILES string of the molecule is CN(C)c1ccncc1.Cc1cccc([N+](=O)[O-])c1C(=O)OC(=O)c1ccccc1. The third kappa shape index (κ3) is 5.96. The average Bonchev–Trinajstić information content (AvgIpc) is 2.75. The third-order valence-corrected chi connectivity index (χ3v) is 4.03. The van der Waals surface area contributed by atoms with Crippen molar-refractivity contribution < 1.29 is 19.2 Å². The first-order chi connectivity index (χ1) is 14.3. The molecule has 0 spiro atoms. The molecule has 0 N–H and O–H groups in total. The van der Waals surface area contributed by atoms with E-state index in [0.717, 1.165) is 0 Å². The number of aromatic nitrogens is 1. The molecule has 0 saturated carbocycles. The predicted octanol–water partition coefficient (Wildman–Crippen LogP) is 4.05. The summed E-state index contributed by atoms with van der Waals surface area (Å²) in [5, 5.41) is 10.9. The lowest BCUT2D eigenvalue weighted by Crippen LogP contribution is -2.15. The average molecular weight is 407 g/mol. The van der Waals surface area contributed by atoms with Crippen molar-refractivity contribution in [1.82, 2.24) is 4.98 Å². The second-order valence-electron chi connectivity index (χ2n) is 6.37. The number of carbonyl (C=O) groups excluding carboxylic acids is 2. The number of pyridine rings is 1. The number of nitro benzene ring substituents is 1. The fourth-order valence-corrected chi connectivity index (χ4v) is 2.48. The molecule has 1 aromatic heterocycles. The molecule has 154 valence electrons. The molecule has 1 heterocycles. The van der Waals surface area contributed by atoms with Gasteiger partial charge in [-0.3, -0.25) is 15.1 Å². The maximum Gasteiger partial charge on any atom is 0.353 e. The van der Waals surface area contributed by atoms with Crippen molar-refractivity contribution in [1.29, 1.82) is 0 Å². The van der Waals surface area contributed by atoms with Crippen LogP contribution in [0.3, 0.4) is 0 Å². The molecule has 2 aromatic carbocycles. The van der Waals surface area contributed by atoms with E-state index in [0.29, 0.717) is 5.56 Å². The van der Waals surface area contributed by atoms with Gasteiger partial charge in [0.25, 0.3) is 5.69 Å². The Morgan fingerprint density at radius 3 is 2.10 bits per heavy atom. The molecule has 0 radical (unpaired) electrons. The molecule has 0 aliphatic carbocycles. The van der Waals surface area contributed by atoms with Crippen LogP contribution < -0.4 is 4.90 Å². The number of benzene rings is 2. The van der Waals surface area contributed by atoms with Gasteiger partial charge in [0.05, 0.1) is 10.5 Å². The topological polar surface area (TPSA) is 103 Å². The van der Waals surface area contributed by atoms with Gasteiger partial charge in [0.1, 0.15) is 5.56 Å². The van der Waals surface area contributed by atoms with Crippen LogP contribution in [0.5, 0.6) is 0 Å². The van der Waals surface area contributed by atoms with E-state index in [1.54, 1.807) is 30.6 Å². The van der Waals surface area contributed by atoms with Crippen LogP contribution in [0.1, 0.15) is 26.3 Å². The lowest BCUT2D eigenvalue weighted by molar-refractivity contribution is -0.385. The molecule has 0 fully saturated rings. The molecule has 0 unspecified atom stereocenters. The Hall–Kier alpha value is -4.07. The van der Waals surface area contributed by atoms with Crippen molar-refractivity contribution in [2.24, 2.45) is 0 Å². The van der Waals surface area contributed by atoms with Gasteiger partial charge >= 0.3 is 11.9 Å². The van der Waals surface area contributed by atoms with Crippen LogP contribution in [-0.2, 0) is 4.74 Å². The minimum absolute atomic E-state index is 0.196. The van der Waals surface area contributed by atoms with Gasteiger partial charge in [-0.1, -0.05) is 30.3 Å². The third-order valence-electron chi connectivity index (χ3n) is 4.03. The zero-order valence-corrected chi connectivity index (χ0v) is 16.8. The van der Waals surface area contributed by atoms with Crippen molar-refractivity contribution in [2.45, 2.75) is 6.92 Å². The fourth-order valence-electron chi connectivity index (χ4n) is 2.48. The van der Waals surface area contributed by atoms with E-state index in [4.69, 9.17) is 4.74 Å². The Labute approximate surface area is 173 Å². The van der Waals surface area contributed by atoms with Crippen molar-refractivity contribution in [3.63, 3.8) is 0 Å². The van der Waals surface area contributed by atoms with E-state index in [9.17, 15) is 19.7 Å². The van der Waals surface area contributed by atoms with Gasteiger partial charge in [-0.25, -0.2) is 9.59 Å². The number of hydrogen-bond acceptors (Lipinski definition) is 7. The molecule has 30 heavy (non-hydrogen) atoms. The molecular formula is C22H21N3O5. The Bertz CT molecular complexity index is 1020.